The number of aromatic nitrogens is 1. The molecule has 0 saturated heterocycles. The summed E-state index contributed by atoms with van der Waals surface area (Å²) < 4.78 is 4.83. The molecule has 1 aliphatic heterocycles. The third kappa shape index (κ3) is 6.46. The second-order valence-corrected chi connectivity index (χ2v) is 8.90. The van der Waals surface area contributed by atoms with Gasteiger partial charge in [-0.05, 0) is 66.7 Å². The van der Waals surface area contributed by atoms with E-state index >= 15 is 0 Å². The van der Waals surface area contributed by atoms with Crippen LogP contribution in [-0.2, 0) is 19.1 Å². The summed E-state index contributed by atoms with van der Waals surface area (Å²) in [6.07, 6.45) is 3.51. The van der Waals surface area contributed by atoms with Crippen molar-refractivity contribution >= 4 is 74.7 Å². The summed E-state index contributed by atoms with van der Waals surface area (Å²) in [6.45, 7) is 1.98. The molecule has 2 aromatic carbocycles. The highest BCUT2D eigenvalue weighted by atomic mass is 35.5. The van der Waals surface area contributed by atoms with Gasteiger partial charge in [0.25, 0.3) is 5.91 Å². The van der Waals surface area contributed by atoms with Crippen molar-refractivity contribution < 1.29 is 19.1 Å². The molecular weight excluding hydrogens is 488 g/mol. The van der Waals surface area contributed by atoms with E-state index in [1.165, 1.54) is 11.8 Å². The van der Waals surface area contributed by atoms with Gasteiger partial charge in [-0.2, -0.15) is 4.99 Å². The Balaban J connectivity index is 1.41. The van der Waals surface area contributed by atoms with Crippen molar-refractivity contribution in [1.29, 1.82) is 0 Å². The number of carbonyl (C=O) groups is 3. The number of nitrogens with one attached hydrogen (secondary N) is 2. The number of esters is 1. The summed E-state index contributed by atoms with van der Waals surface area (Å²) in [7, 11) is 0. The van der Waals surface area contributed by atoms with Crippen LogP contribution in [0, 0.1) is 0 Å². The van der Waals surface area contributed by atoms with E-state index in [-0.39, 0.29) is 31.3 Å². The molecule has 35 heavy (non-hydrogen) atoms. The molecule has 1 aromatic heterocycles. The number of hydrogen-bond acceptors (Lipinski definition) is 7. The zero-order valence-electron chi connectivity index (χ0n) is 18.7. The van der Waals surface area contributed by atoms with Crippen LogP contribution in [0.5, 0.6) is 0 Å². The number of ether oxygens (including phenoxy) is 1. The minimum Gasteiger partial charge on any atom is -0.466 e. The monoisotopic (exact) mass is 508 g/mol. The summed E-state index contributed by atoms with van der Waals surface area (Å²) in [5.74, 6) is -1.11. The first-order valence-electron chi connectivity index (χ1n) is 10.8. The average Bonchev–Trinajstić information content (AvgIpc) is 3.18. The number of amidine groups is 1. The Bertz CT molecular complexity index is 1370. The lowest BCUT2D eigenvalue weighted by molar-refractivity contribution is -0.144. The van der Waals surface area contributed by atoms with E-state index in [4.69, 9.17) is 16.3 Å². The Morgan fingerprint density at radius 3 is 2.83 bits per heavy atom. The van der Waals surface area contributed by atoms with E-state index in [2.05, 4.69) is 20.6 Å². The lowest BCUT2D eigenvalue weighted by atomic mass is 10.1. The molecule has 8 nitrogen and oxygen atoms in total. The van der Waals surface area contributed by atoms with Gasteiger partial charge in [0.15, 0.2) is 5.17 Å². The lowest BCUT2D eigenvalue weighted by Crippen LogP contribution is -2.15. The molecule has 2 N–H and O–H groups in total. The Kier molecular flexibility index (Phi) is 7.79. The second-order valence-electron chi connectivity index (χ2n) is 7.46. The number of benzene rings is 2. The molecule has 0 aliphatic carbocycles. The summed E-state index contributed by atoms with van der Waals surface area (Å²) in [6, 6.07) is 14.5. The maximum absolute atomic E-state index is 12.5. The predicted octanol–water partition coefficient (Wildman–Crippen LogP) is 5.25. The standard InChI is InChI=1S/C25H21ClN4O4S/c1-2-34-23(32)10-9-22(31)28-17-6-7-18(26)20(14-17)29-25-30-24(33)21(35-25)13-15-5-8-19-16(12-15)4-3-11-27-19/h3-8,11-14H,2,9-10H2,1H3,(H,28,31)(H,29,30,33). The smallest absolute Gasteiger partial charge is 0.306 e. The van der Waals surface area contributed by atoms with E-state index < -0.39 is 5.97 Å². The normalized spacial score (nSPS) is 14.2. The van der Waals surface area contributed by atoms with Crippen LogP contribution in [0.25, 0.3) is 17.0 Å². The molecule has 0 bridgehead atoms. The second kappa shape index (κ2) is 11.2. The van der Waals surface area contributed by atoms with Crippen molar-refractivity contribution in [2.75, 3.05) is 17.2 Å². The number of fused-ring (bicyclic) bond motifs is 1. The van der Waals surface area contributed by atoms with Crippen molar-refractivity contribution in [1.82, 2.24) is 4.98 Å². The number of carbonyl (C=O) groups excluding carboxylic acids is 3. The molecule has 2 heterocycles. The van der Waals surface area contributed by atoms with Gasteiger partial charge in [-0.15, -0.1) is 0 Å². The van der Waals surface area contributed by atoms with Crippen LogP contribution in [0.3, 0.4) is 0 Å². The summed E-state index contributed by atoms with van der Waals surface area (Å²) in [5.41, 5.74) is 2.71. The largest absolute Gasteiger partial charge is 0.466 e. The molecule has 0 unspecified atom stereocenters. The van der Waals surface area contributed by atoms with Crippen LogP contribution < -0.4 is 10.6 Å². The molecule has 0 radical (unpaired) electrons. The number of nitrogens with zero attached hydrogens (tertiary/aromatic N) is 2. The molecule has 3 aromatic rings. The molecule has 4 rings (SSSR count). The average molecular weight is 509 g/mol. The fourth-order valence-electron chi connectivity index (χ4n) is 3.28. The quantitative estimate of drug-likeness (QED) is 0.331. The van der Waals surface area contributed by atoms with Crippen LogP contribution in [0.2, 0.25) is 5.02 Å². The number of rotatable bonds is 7. The first-order valence-corrected chi connectivity index (χ1v) is 12.0. The van der Waals surface area contributed by atoms with Crippen molar-refractivity contribution in [3.8, 4) is 0 Å². The molecule has 0 atom stereocenters. The Morgan fingerprint density at radius 1 is 1.14 bits per heavy atom. The molecule has 2 amide bonds. The summed E-state index contributed by atoms with van der Waals surface area (Å²) in [5, 5.41) is 7.51. The van der Waals surface area contributed by atoms with Gasteiger partial charge < -0.3 is 15.4 Å². The maximum Gasteiger partial charge on any atom is 0.306 e. The number of anilines is 2. The molecular formula is C25H21ClN4O4S. The number of halogens is 1. The SMILES string of the molecule is CCOC(=O)CCC(=O)Nc1ccc(Cl)c(NC2=NC(=O)C(=Cc3ccc4ncccc4c3)S2)c1. The van der Waals surface area contributed by atoms with Gasteiger partial charge in [-0.25, -0.2) is 0 Å². The van der Waals surface area contributed by atoms with E-state index in [0.717, 1.165) is 16.5 Å². The zero-order valence-corrected chi connectivity index (χ0v) is 20.3. The highest BCUT2D eigenvalue weighted by Crippen LogP contribution is 2.32. The number of hydrogen-bond donors (Lipinski definition) is 2. The number of thioether (sulfide) groups is 1. The fourth-order valence-corrected chi connectivity index (χ4v) is 4.27. The summed E-state index contributed by atoms with van der Waals surface area (Å²) in [4.78, 5) is 44.9. The van der Waals surface area contributed by atoms with E-state index in [9.17, 15) is 14.4 Å². The topological polar surface area (TPSA) is 110 Å². The van der Waals surface area contributed by atoms with Crippen molar-refractivity contribution in [3.05, 3.63) is 70.2 Å². The third-order valence-corrected chi connectivity index (χ3v) is 6.13. The number of pyridine rings is 1. The van der Waals surface area contributed by atoms with Crippen molar-refractivity contribution in [2.24, 2.45) is 4.99 Å². The fraction of sp³-hybridized carbons (Fsp3) is 0.160. The highest BCUT2D eigenvalue weighted by Gasteiger charge is 2.23. The Morgan fingerprint density at radius 2 is 2.00 bits per heavy atom. The van der Waals surface area contributed by atoms with Crippen LogP contribution in [0.15, 0.2) is 64.6 Å². The number of aliphatic imine (C=N–C) groups is 1. The third-order valence-electron chi connectivity index (χ3n) is 4.90. The molecule has 0 spiro atoms. The Hall–Kier alpha value is -3.69. The van der Waals surface area contributed by atoms with Crippen molar-refractivity contribution in [2.45, 2.75) is 19.8 Å². The van der Waals surface area contributed by atoms with Crippen LogP contribution in [-0.4, -0.2) is 34.5 Å². The Labute approximate surface area is 210 Å². The zero-order chi connectivity index (χ0) is 24.8. The van der Waals surface area contributed by atoms with Gasteiger partial charge in [-0.1, -0.05) is 23.7 Å². The molecule has 1 aliphatic rings. The van der Waals surface area contributed by atoms with Gasteiger partial charge in [0.2, 0.25) is 5.91 Å². The van der Waals surface area contributed by atoms with Crippen LogP contribution in [0.1, 0.15) is 25.3 Å². The van der Waals surface area contributed by atoms with Gasteiger partial charge in [0.05, 0.1) is 34.2 Å². The number of amides is 2. The van der Waals surface area contributed by atoms with Crippen LogP contribution >= 0.6 is 23.4 Å². The van der Waals surface area contributed by atoms with E-state index in [0.29, 0.717) is 26.5 Å². The first-order chi connectivity index (χ1) is 16.9. The molecule has 178 valence electrons. The summed E-state index contributed by atoms with van der Waals surface area (Å²) >= 11 is 7.50. The molecule has 10 heteroatoms. The minimum absolute atomic E-state index is 0.000271. The van der Waals surface area contributed by atoms with Crippen LogP contribution in [0.4, 0.5) is 11.4 Å². The lowest BCUT2D eigenvalue weighted by Gasteiger charge is -2.11. The van der Waals surface area contributed by atoms with Gasteiger partial charge in [0, 0.05) is 23.7 Å². The highest BCUT2D eigenvalue weighted by molar-refractivity contribution is 8.18. The first kappa shape index (κ1) is 24.4. The maximum atomic E-state index is 12.5. The van der Waals surface area contributed by atoms with Gasteiger partial charge >= 0.3 is 5.97 Å². The van der Waals surface area contributed by atoms with E-state index in [1.807, 2.05) is 30.3 Å². The van der Waals surface area contributed by atoms with Gasteiger partial charge in [-0.3, -0.25) is 19.4 Å². The van der Waals surface area contributed by atoms with E-state index in [1.54, 1.807) is 37.4 Å². The van der Waals surface area contributed by atoms with Crippen molar-refractivity contribution in [3.63, 3.8) is 0 Å². The predicted molar refractivity (Wildman–Crippen MR) is 139 cm³/mol. The molecule has 0 fully saturated rings. The van der Waals surface area contributed by atoms with Gasteiger partial charge in [0.1, 0.15) is 0 Å². The minimum atomic E-state index is -0.425. The molecule has 0 saturated carbocycles.